The smallest absolute Gasteiger partial charge is 0.100 e. The van der Waals surface area contributed by atoms with Crippen LogP contribution in [0.5, 0.6) is 0 Å². The molecule has 0 N–H and O–H groups in total. The van der Waals surface area contributed by atoms with Gasteiger partial charge in [-0.2, -0.15) is 0 Å². The normalized spacial score (nSPS) is 12.2. The van der Waals surface area contributed by atoms with Gasteiger partial charge in [-0.25, -0.2) is 9.38 Å². The molecule has 0 saturated heterocycles. The lowest BCUT2D eigenvalue weighted by Gasteiger charge is -2.11. The van der Waals surface area contributed by atoms with Crippen molar-refractivity contribution in [1.82, 2.24) is 9.55 Å². The summed E-state index contributed by atoms with van der Waals surface area (Å²) in [6.45, 7) is 6.38. The monoisotopic (exact) mass is 293 g/mol. The number of rotatable bonds is 3. The van der Waals surface area contributed by atoms with Gasteiger partial charge in [0.25, 0.3) is 0 Å². The van der Waals surface area contributed by atoms with Gasteiger partial charge in [0.05, 0.1) is 12.5 Å². The minimum atomic E-state index is 0.120. The Bertz CT molecular complexity index is 567. The summed E-state index contributed by atoms with van der Waals surface area (Å²) < 4.78 is 6.39. The summed E-state index contributed by atoms with van der Waals surface area (Å²) in [6, 6.07) is 7.63. The summed E-state index contributed by atoms with van der Waals surface area (Å²) in [6.07, 6.45) is 5.49. The van der Waals surface area contributed by atoms with Gasteiger partial charge >= 0.3 is 0 Å². The van der Waals surface area contributed by atoms with Crippen LogP contribution in [-0.2, 0) is 0 Å². The van der Waals surface area contributed by atoms with Crippen molar-refractivity contribution in [3.63, 3.8) is 0 Å². The standard InChI is InChI=1S/C14H16ClN3S/c1-14(2,3)19-17-8-12-9-18(10-16-12)13-6-4-11(15)5-7-13/h4-10H,1-3H3. The first-order chi connectivity index (χ1) is 8.94. The van der Waals surface area contributed by atoms with E-state index in [2.05, 4.69) is 30.2 Å². The summed E-state index contributed by atoms with van der Waals surface area (Å²) in [4.78, 5) is 4.30. The van der Waals surface area contributed by atoms with Crippen molar-refractivity contribution in [2.45, 2.75) is 25.5 Å². The first-order valence-electron chi connectivity index (χ1n) is 5.95. The van der Waals surface area contributed by atoms with Crippen LogP contribution in [0.1, 0.15) is 26.5 Å². The lowest BCUT2D eigenvalue weighted by atomic mass is 10.3. The van der Waals surface area contributed by atoms with E-state index in [0.29, 0.717) is 0 Å². The molecule has 2 rings (SSSR count). The highest BCUT2D eigenvalue weighted by molar-refractivity contribution is 7.99. The van der Waals surface area contributed by atoms with E-state index < -0.39 is 0 Å². The van der Waals surface area contributed by atoms with Crippen LogP contribution in [0.15, 0.2) is 41.2 Å². The highest BCUT2D eigenvalue weighted by atomic mass is 35.5. The summed E-state index contributed by atoms with van der Waals surface area (Å²) in [7, 11) is 0. The van der Waals surface area contributed by atoms with Crippen LogP contribution in [0.25, 0.3) is 5.69 Å². The van der Waals surface area contributed by atoms with Crippen molar-refractivity contribution in [1.29, 1.82) is 0 Å². The molecule has 0 fully saturated rings. The second-order valence-corrected chi connectivity index (χ2v) is 7.17. The fourth-order valence-electron chi connectivity index (χ4n) is 1.40. The number of aromatic nitrogens is 2. The Morgan fingerprint density at radius 1 is 1.26 bits per heavy atom. The molecule has 0 saturated carbocycles. The van der Waals surface area contributed by atoms with E-state index in [9.17, 15) is 0 Å². The van der Waals surface area contributed by atoms with Gasteiger partial charge in [-0.1, -0.05) is 11.6 Å². The summed E-state index contributed by atoms with van der Waals surface area (Å²) in [5.41, 5.74) is 1.87. The Hall–Kier alpha value is -1.26. The second-order valence-electron chi connectivity index (χ2n) is 5.12. The van der Waals surface area contributed by atoms with Gasteiger partial charge in [-0.3, -0.25) is 0 Å². The number of imidazole rings is 1. The second kappa shape index (κ2) is 5.80. The number of halogens is 1. The molecule has 0 spiro atoms. The van der Waals surface area contributed by atoms with Crippen LogP contribution in [0.2, 0.25) is 5.02 Å². The SMILES string of the molecule is CC(C)(C)SN=Cc1cn(-c2ccc(Cl)cc2)cn1. The maximum absolute atomic E-state index is 5.87. The third kappa shape index (κ3) is 4.40. The quantitative estimate of drug-likeness (QED) is 0.620. The molecular weight excluding hydrogens is 278 g/mol. The average molecular weight is 294 g/mol. The zero-order valence-electron chi connectivity index (χ0n) is 11.2. The zero-order valence-corrected chi connectivity index (χ0v) is 12.7. The van der Waals surface area contributed by atoms with Crippen LogP contribution >= 0.6 is 23.5 Å². The molecule has 0 aliphatic carbocycles. The van der Waals surface area contributed by atoms with Gasteiger partial charge in [0.1, 0.15) is 5.69 Å². The first kappa shape index (κ1) is 14.2. The molecule has 5 heteroatoms. The van der Waals surface area contributed by atoms with E-state index in [-0.39, 0.29) is 4.75 Å². The minimum Gasteiger partial charge on any atom is -0.306 e. The number of benzene rings is 1. The van der Waals surface area contributed by atoms with Crippen molar-refractivity contribution in [3.05, 3.63) is 47.5 Å². The molecule has 0 atom stereocenters. The van der Waals surface area contributed by atoms with Crippen molar-refractivity contribution in [3.8, 4) is 5.69 Å². The maximum Gasteiger partial charge on any atom is 0.100 e. The van der Waals surface area contributed by atoms with Gasteiger partial charge in [0.15, 0.2) is 0 Å². The predicted molar refractivity (Wildman–Crippen MR) is 83.5 cm³/mol. The van der Waals surface area contributed by atoms with E-state index in [1.54, 1.807) is 12.5 Å². The summed E-state index contributed by atoms with van der Waals surface area (Å²) >= 11 is 7.40. The molecule has 0 aliphatic rings. The number of nitrogens with zero attached hydrogens (tertiary/aromatic N) is 3. The van der Waals surface area contributed by atoms with Gasteiger partial charge in [0, 0.05) is 21.7 Å². The maximum atomic E-state index is 5.87. The molecule has 0 aliphatic heterocycles. The minimum absolute atomic E-state index is 0.120. The Morgan fingerprint density at radius 2 is 1.95 bits per heavy atom. The van der Waals surface area contributed by atoms with Crippen LogP contribution in [0, 0.1) is 0 Å². The fraction of sp³-hybridized carbons (Fsp3) is 0.286. The molecule has 0 bridgehead atoms. The van der Waals surface area contributed by atoms with E-state index >= 15 is 0 Å². The molecule has 0 unspecified atom stereocenters. The highest BCUT2D eigenvalue weighted by Crippen LogP contribution is 2.23. The average Bonchev–Trinajstić information content (AvgIpc) is 2.77. The van der Waals surface area contributed by atoms with Gasteiger partial charge in [0.2, 0.25) is 0 Å². The Labute approximate surface area is 122 Å². The summed E-state index contributed by atoms with van der Waals surface area (Å²) in [5, 5.41) is 0.729. The van der Waals surface area contributed by atoms with E-state index in [0.717, 1.165) is 16.4 Å². The Balaban J connectivity index is 2.09. The van der Waals surface area contributed by atoms with E-state index in [4.69, 9.17) is 11.6 Å². The summed E-state index contributed by atoms with van der Waals surface area (Å²) in [5.74, 6) is 0. The van der Waals surface area contributed by atoms with Gasteiger partial charge < -0.3 is 4.57 Å². The Morgan fingerprint density at radius 3 is 2.58 bits per heavy atom. The predicted octanol–water partition coefficient (Wildman–Crippen LogP) is 4.39. The third-order valence-corrected chi connectivity index (χ3v) is 3.25. The molecule has 0 amide bonds. The number of hydrogen-bond acceptors (Lipinski definition) is 3. The van der Waals surface area contributed by atoms with E-state index in [1.165, 1.54) is 11.9 Å². The molecule has 19 heavy (non-hydrogen) atoms. The molecule has 1 heterocycles. The van der Waals surface area contributed by atoms with Crippen molar-refractivity contribution >= 4 is 29.8 Å². The van der Waals surface area contributed by atoms with Crippen molar-refractivity contribution in [2.75, 3.05) is 0 Å². The van der Waals surface area contributed by atoms with E-state index in [1.807, 2.05) is 35.0 Å². The molecule has 1 aromatic carbocycles. The first-order valence-corrected chi connectivity index (χ1v) is 7.11. The van der Waals surface area contributed by atoms with Gasteiger partial charge in [-0.05, 0) is 57.0 Å². The zero-order chi connectivity index (χ0) is 13.9. The lowest BCUT2D eigenvalue weighted by Crippen LogP contribution is -2.04. The molecule has 1 aromatic heterocycles. The van der Waals surface area contributed by atoms with Crippen molar-refractivity contribution in [2.24, 2.45) is 4.40 Å². The van der Waals surface area contributed by atoms with Crippen LogP contribution in [-0.4, -0.2) is 20.5 Å². The van der Waals surface area contributed by atoms with Crippen LogP contribution in [0.3, 0.4) is 0 Å². The van der Waals surface area contributed by atoms with Gasteiger partial charge in [-0.15, -0.1) is 0 Å². The largest absolute Gasteiger partial charge is 0.306 e. The Kier molecular flexibility index (Phi) is 4.32. The fourth-order valence-corrected chi connectivity index (χ4v) is 2.00. The van der Waals surface area contributed by atoms with Crippen LogP contribution in [0.4, 0.5) is 0 Å². The molecular formula is C14H16ClN3S. The van der Waals surface area contributed by atoms with Crippen molar-refractivity contribution < 1.29 is 0 Å². The number of hydrogen-bond donors (Lipinski definition) is 0. The molecule has 2 aromatic rings. The molecule has 100 valence electrons. The molecule has 0 radical (unpaired) electrons. The highest BCUT2D eigenvalue weighted by Gasteiger charge is 2.09. The lowest BCUT2D eigenvalue weighted by molar-refractivity contribution is 0.804. The molecule has 3 nitrogen and oxygen atoms in total. The topological polar surface area (TPSA) is 30.2 Å². The van der Waals surface area contributed by atoms with Crippen LogP contribution < -0.4 is 0 Å². The third-order valence-electron chi connectivity index (χ3n) is 2.24.